The van der Waals surface area contributed by atoms with Gasteiger partial charge in [0.25, 0.3) is 0 Å². The van der Waals surface area contributed by atoms with Crippen LogP contribution in [-0.2, 0) is 20.8 Å². The average molecular weight is 533 g/mol. The predicted molar refractivity (Wildman–Crippen MR) is 142 cm³/mol. The molecule has 1 aliphatic heterocycles. The Kier molecular flexibility index (Phi) is 7.92. The molecule has 0 atom stereocenters. The Hall–Kier alpha value is -4.19. The number of rotatable bonds is 9. The maximum Gasteiger partial charge on any atom is 0.230 e. The minimum atomic E-state index is -0.910. The van der Waals surface area contributed by atoms with Crippen LogP contribution >= 0.6 is 0 Å². The summed E-state index contributed by atoms with van der Waals surface area (Å²) in [4.78, 5) is 29.5. The number of aliphatic hydroxyl groups is 1. The molecule has 1 aliphatic rings. The molecule has 0 radical (unpaired) electrons. The number of ether oxygens (including phenoxy) is 2. The van der Waals surface area contributed by atoms with Gasteiger partial charge in [0.2, 0.25) is 18.1 Å². The van der Waals surface area contributed by atoms with E-state index in [4.69, 9.17) is 19.6 Å². The molecular weight excluding hydrogens is 503 g/mol. The van der Waals surface area contributed by atoms with Crippen LogP contribution in [0.4, 0.5) is 10.3 Å². The second-order valence-electron chi connectivity index (χ2n) is 9.45. The third-order valence-corrected chi connectivity index (χ3v) is 6.32. The summed E-state index contributed by atoms with van der Waals surface area (Å²) in [6.45, 7) is 2.48. The first-order chi connectivity index (χ1) is 18.9. The van der Waals surface area contributed by atoms with E-state index in [-0.39, 0.29) is 38.1 Å². The molecule has 1 amide bonds. The zero-order valence-electron chi connectivity index (χ0n) is 21.4. The number of halogens is 1. The minimum Gasteiger partial charge on any atom is -0.395 e. The highest BCUT2D eigenvalue weighted by molar-refractivity contribution is 5.82. The number of carbonyl (C=O) groups is 1. The Morgan fingerprint density at radius 3 is 2.56 bits per heavy atom. The van der Waals surface area contributed by atoms with Crippen LogP contribution in [0.2, 0.25) is 0 Å². The average Bonchev–Trinajstić information content (AvgIpc) is 3.42. The van der Waals surface area contributed by atoms with Crippen LogP contribution in [0.15, 0.2) is 66.9 Å². The highest BCUT2D eigenvalue weighted by Gasteiger charge is 2.40. The van der Waals surface area contributed by atoms with E-state index in [1.54, 1.807) is 31.3 Å². The number of hydrogen-bond donors (Lipinski definition) is 4. The Morgan fingerprint density at radius 1 is 1.10 bits per heavy atom. The second kappa shape index (κ2) is 11.7. The minimum absolute atomic E-state index is 0.0951. The summed E-state index contributed by atoms with van der Waals surface area (Å²) in [5.74, 6) is 0.203. The summed E-state index contributed by atoms with van der Waals surface area (Å²) in [5.41, 5.74) is 2.55. The Morgan fingerprint density at radius 2 is 1.85 bits per heavy atom. The quantitative estimate of drug-likeness (QED) is 0.258. The summed E-state index contributed by atoms with van der Waals surface area (Å²) in [6.07, 6.45) is 0.795. The molecule has 10 nitrogen and oxygen atoms in total. The van der Waals surface area contributed by atoms with Gasteiger partial charge in [-0.05, 0) is 42.8 Å². The Balaban J connectivity index is 1.41. The van der Waals surface area contributed by atoms with Crippen molar-refractivity contribution in [3.8, 4) is 22.6 Å². The van der Waals surface area contributed by atoms with Crippen molar-refractivity contribution in [2.75, 3.05) is 31.7 Å². The van der Waals surface area contributed by atoms with E-state index >= 15 is 0 Å². The zero-order valence-corrected chi connectivity index (χ0v) is 21.4. The Labute approximate surface area is 224 Å². The molecule has 5 rings (SSSR count). The molecule has 0 aliphatic carbocycles. The number of anilines is 1. The molecule has 1 fully saturated rings. The first-order valence-corrected chi connectivity index (χ1v) is 12.5. The van der Waals surface area contributed by atoms with E-state index in [9.17, 15) is 9.18 Å². The number of aromatic nitrogens is 4. The van der Waals surface area contributed by atoms with E-state index in [1.165, 1.54) is 12.1 Å². The first kappa shape index (κ1) is 26.4. The summed E-state index contributed by atoms with van der Waals surface area (Å²) in [5, 5.41) is 14.9. The SMILES string of the molecule is CC1(C(=O)NCCO)COC(c2nc(-c3ccc(F)cc3)c(-c3ccnc(NCc4ccccc4)n3)[nH]2)OC1. The molecule has 0 saturated carbocycles. The van der Waals surface area contributed by atoms with Gasteiger partial charge in [0, 0.05) is 24.8 Å². The van der Waals surface area contributed by atoms with Crippen LogP contribution in [0.25, 0.3) is 22.6 Å². The van der Waals surface area contributed by atoms with Crippen LogP contribution in [0.1, 0.15) is 24.6 Å². The normalized spacial score (nSPS) is 19.0. The van der Waals surface area contributed by atoms with Crippen molar-refractivity contribution in [3.63, 3.8) is 0 Å². The van der Waals surface area contributed by atoms with Gasteiger partial charge < -0.3 is 30.2 Å². The monoisotopic (exact) mass is 532 g/mol. The molecule has 11 heteroatoms. The second-order valence-corrected chi connectivity index (χ2v) is 9.45. The third kappa shape index (κ3) is 6.11. The van der Waals surface area contributed by atoms with E-state index in [2.05, 4.69) is 25.6 Å². The number of imidazole rings is 1. The molecule has 0 spiro atoms. The highest BCUT2D eigenvalue weighted by Crippen LogP contribution is 2.35. The topological polar surface area (TPSA) is 134 Å². The molecule has 4 N–H and O–H groups in total. The number of H-pyrrole nitrogens is 1. The van der Waals surface area contributed by atoms with Gasteiger partial charge in [-0.3, -0.25) is 4.79 Å². The van der Waals surface area contributed by atoms with Crippen LogP contribution < -0.4 is 10.6 Å². The van der Waals surface area contributed by atoms with Crippen LogP contribution in [0, 0.1) is 11.2 Å². The van der Waals surface area contributed by atoms with Gasteiger partial charge >= 0.3 is 0 Å². The van der Waals surface area contributed by atoms with Crippen molar-refractivity contribution in [2.24, 2.45) is 5.41 Å². The molecule has 0 unspecified atom stereocenters. The molecule has 3 heterocycles. The van der Waals surface area contributed by atoms with Gasteiger partial charge in [-0.1, -0.05) is 30.3 Å². The zero-order chi connectivity index (χ0) is 27.2. The van der Waals surface area contributed by atoms with Crippen molar-refractivity contribution in [1.82, 2.24) is 25.3 Å². The predicted octanol–water partition coefficient (Wildman–Crippen LogP) is 3.45. The number of aromatic amines is 1. The summed E-state index contributed by atoms with van der Waals surface area (Å²) >= 11 is 0. The number of nitrogens with zero attached hydrogens (tertiary/aromatic N) is 3. The molecule has 1 saturated heterocycles. The number of aliphatic hydroxyl groups excluding tert-OH is 1. The summed E-state index contributed by atoms with van der Waals surface area (Å²) < 4.78 is 25.5. The molecule has 0 bridgehead atoms. The van der Waals surface area contributed by atoms with Gasteiger partial charge in [-0.25, -0.2) is 19.3 Å². The number of nitrogens with one attached hydrogen (secondary N) is 3. The van der Waals surface area contributed by atoms with E-state index in [0.29, 0.717) is 41.0 Å². The number of amides is 1. The summed E-state index contributed by atoms with van der Waals surface area (Å²) in [6, 6.07) is 17.7. The molecule has 39 heavy (non-hydrogen) atoms. The van der Waals surface area contributed by atoms with Crippen molar-refractivity contribution >= 4 is 11.9 Å². The smallest absolute Gasteiger partial charge is 0.230 e. The maximum absolute atomic E-state index is 13.7. The fourth-order valence-electron chi connectivity index (χ4n) is 4.15. The molecule has 202 valence electrons. The van der Waals surface area contributed by atoms with Crippen molar-refractivity contribution < 1.29 is 23.8 Å². The van der Waals surface area contributed by atoms with Gasteiger partial charge in [-0.2, -0.15) is 0 Å². The lowest BCUT2D eigenvalue weighted by Gasteiger charge is -2.35. The molecule has 2 aromatic heterocycles. The first-order valence-electron chi connectivity index (χ1n) is 12.5. The van der Waals surface area contributed by atoms with Crippen LogP contribution in [0.3, 0.4) is 0 Å². The molecular formula is C28H29FN6O4. The number of carbonyl (C=O) groups excluding carboxylic acids is 1. The van der Waals surface area contributed by atoms with Crippen molar-refractivity contribution in [1.29, 1.82) is 0 Å². The van der Waals surface area contributed by atoms with Crippen LogP contribution in [0.5, 0.6) is 0 Å². The molecule has 2 aromatic carbocycles. The van der Waals surface area contributed by atoms with Crippen molar-refractivity contribution in [3.05, 3.63) is 84.1 Å². The standard InChI is InChI=1S/C28H29FN6O4/c1-28(26(37)30-13-14-36)16-38-25(39-17-28)24-34-22(19-7-9-20(29)10-8-19)23(35-24)21-11-12-31-27(33-21)32-15-18-5-3-2-4-6-18/h2-12,25,36H,13-17H2,1H3,(H,30,37)(H,34,35)(H,31,32,33). The largest absolute Gasteiger partial charge is 0.395 e. The molecule has 4 aromatic rings. The fraction of sp³-hybridized carbons (Fsp3) is 0.286. The van der Waals surface area contributed by atoms with E-state index < -0.39 is 11.7 Å². The summed E-state index contributed by atoms with van der Waals surface area (Å²) in [7, 11) is 0. The van der Waals surface area contributed by atoms with Gasteiger partial charge in [-0.15, -0.1) is 0 Å². The Bertz CT molecular complexity index is 1410. The van der Waals surface area contributed by atoms with Gasteiger partial charge in [0.05, 0.1) is 42.3 Å². The fourth-order valence-corrected chi connectivity index (χ4v) is 4.15. The van der Waals surface area contributed by atoms with Crippen molar-refractivity contribution in [2.45, 2.75) is 19.8 Å². The number of benzene rings is 2. The third-order valence-electron chi connectivity index (χ3n) is 6.32. The van der Waals surface area contributed by atoms with Gasteiger partial charge in [0.15, 0.2) is 5.82 Å². The van der Waals surface area contributed by atoms with Gasteiger partial charge in [0.1, 0.15) is 5.82 Å². The van der Waals surface area contributed by atoms with Crippen LogP contribution in [-0.4, -0.2) is 57.3 Å². The lowest BCUT2D eigenvalue weighted by atomic mass is 9.91. The lowest BCUT2D eigenvalue weighted by molar-refractivity contribution is -0.231. The maximum atomic E-state index is 13.7. The highest BCUT2D eigenvalue weighted by atomic mass is 19.1. The van der Waals surface area contributed by atoms with E-state index in [0.717, 1.165) is 5.56 Å². The lowest BCUT2D eigenvalue weighted by Crippen LogP contribution is -2.49. The van der Waals surface area contributed by atoms with E-state index in [1.807, 2.05) is 30.3 Å². The number of hydrogen-bond acceptors (Lipinski definition) is 8.